The summed E-state index contributed by atoms with van der Waals surface area (Å²) in [6.45, 7) is 6.02. The van der Waals surface area contributed by atoms with Gasteiger partial charge in [-0.2, -0.15) is 0 Å². The first-order chi connectivity index (χ1) is 14.7. The summed E-state index contributed by atoms with van der Waals surface area (Å²) in [5.41, 5.74) is 5.71. The van der Waals surface area contributed by atoms with Gasteiger partial charge in [-0.1, -0.05) is 35.9 Å². The number of benzene rings is 3. The number of rotatable bonds is 7. The minimum atomic E-state index is -3.66. The average molecular weight is 437 g/mol. The third kappa shape index (κ3) is 5.73. The van der Waals surface area contributed by atoms with E-state index in [0.29, 0.717) is 18.5 Å². The fraction of sp³-hybridized carbons (Fsp3) is 0.240. The molecule has 0 heterocycles. The molecule has 0 aliphatic rings. The number of nitrogens with zero attached hydrogens (tertiary/aromatic N) is 1. The first-order valence-electron chi connectivity index (χ1n) is 10.2. The molecular weight excluding hydrogens is 408 g/mol. The second-order valence-electron chi connectivity index (χ2n) is 7.84. The molecule has 162 valence electrons. The smallest absolute Gasteiger partial charge is 0.261 e. The third-order valence-corrected chi connectivity index (χ3v) is 6.81. The highest BCUT2D eigenvalue weighted by Gasteiger charge is 2.15. The zero-order chi connectivity index (χ0) is 22.6. The number of sulfonamides is 1. The summed E-state index contributed by atoms with van der Waals surface area (Å²) in [5, 5.41) is 0. The van der Waals surface area contributed by atoms with Crippen molar-refractivity contribution in [2.24, 2.45) is 0 Å². The predicted octanol–water partition coefficient (Wildman–Crippen LogP) is 5.01. The Morgan fingerprint density at radius 2 is 1.52 bits per heavy atom. The minimum absolute atomic E-state index is 0.0148. The number of amides is 1. The fourth-order valence-corrected chi connectivity index (χ4v) is 4.23. The van der Waals surface area contributed by atoms with Crippen LogP contribution in [0, 0.1) is 20.8 Å². The number of carbonyl (C=O) groups is 1. The van der Waals surface area contributed by atoms with Crippen molar-refractivity contribution < 1.29 is 13.2 Å². The van der Waals surface area contributed by atoms with E-state index in [4.69, 9.17) is 0 Å². The van der Waals surface area contributed by atoms with Crippen LogP contribution in [-0.4, -0.2) is 21.4 Å². The summed E-state index contributed by atoms with van der Waals surface area (Å²) in [7, 11) is -1.88. The van der Waals surface area contributed by atoms with Crippen molar-refractivity contribution >= 4 is 27.3 Å². The second kappa shape index (κ2) is 9.35. The van der Waals surface area contributed by atoms with Crippen molar-refractivity contribution in [3.63, 3.8) is 0 Å². The largest absolute Gasteiger partial charge is 0.315 e. The highest BCUT2D eigenvalue weighted by atomic mass is 32.2. The molecule has 31 heavy (non-hydrogen) atoms. The number of anilines is 2. The lowest BCUT2D eigenvalue weighted by Crippen LogP contribution is -2.26. The van der Waals surface area contributed by atoms with Gasteiger partial charge in [0.25, 0.3) is 10.0 Å². The van der Waals surface area contributed by atoms with Crippen LogP contribution in [0.25, 0.3) is 0 Å². The van der Waals surface area contributed by atoms with E-state index < -0.39 is 10.0 Å². The Kier molecular flexibility index (Phi) is 6.81. The maximum absolute atomic E-state index is 12.6. The molecule has 0 unspecified atom stereocenters. The number of hydrogen-bond acceptors (Lipinski definition) is 3. The lowest BCUT2D eigenvalue weighted by Gasteiger charge is -2.18. The maximum Gasteiger partial charge on any atom is 0.261 e. The summed E-state index contributed by atoms with van der Waals surface area (Å²) in [4.78, 5) is 14.4. The molecule has 0 spiro atoms. The minimum Gasteiger partial charge on any atom is -0.315 e. The topological polar surface area (TPSA) is 66.5 Å². The molecule has 0 aromatic heterocycles. The summed E-state index contributed by atoms with van der Waals surface area (Å²) in [6.07, 6.45) is 0.886. The molecule has 0 saturated heterocycles. The molecule has 3 aromatic carbocycles. The van der Waals surface area contributed by atoms with Crippen molar-refractivity contribution in [1.82, 2.24) is 0 Å². The van der Waals surface area contributed by atoms with E-state index in [2.05, 4.69) is 4.72 Å². The van der Waals surface area contributed by atoms with E-state index in [1.165, 1.54) is 5.56 Å². The molecule has 3 rings (SSSR count). The lowest BCUT2D eigenvalue weighted by atomic mass is 10.1. The van der Waals surface area contributed by atoms with E-state index in [9.17, 15) is 13.2 Å². The SMILES string of the molecule is Cc1ccc(NS(=O)(=O)c2ccc(CCC(=O)N(C)c3ccc(C)c(C)c3)cc2)cc1. The molecule has 6 heteroatoms. The number of nitrogens with one attached hydrogen (secondary N) is 1. The summed E-state index contributed by atoms with van der Waals surface area (Å²) < 4.78 is 27.8. The zero-order valence-corrected chi connectivity index (χ0v) is 19.2. The van der Waals surface area contributed by atoms with E-state index >= 15 is 0 Å². The van der Waals surface area contributed by atoms with Gasteiger partial charge >= 0.3 is 0 Å². The molecule has 0 atom stereocenters. The summed E-state index contributed by atoms with van der Waals surface area (Å²) >= 11 is 0. The highest BCUT2D eigenvalue weighted by molar-refractivity contribution is 7.92. The van der Waals surface area contributed by atoms with Crippen molar-refractivity contribution in [1.29, 1.82) is 0 Å². The van der Waals surface area contributed by atoms with Gasteiger partial charge in [-0.05, 0) is 80.3 Å². The molecule has 0 saturated carbocycles. The molecule has 5 nitrogen and oxygen atoms in total. The Bertz CT molecular complexity index is 1170. The van der Waals surface area contributed by atoms with Gasteiger partial charge in [0.15, 0.2) is 0 Å². The van der Waals surface area contributed by atoms with Crippen molar-refractivity contribution in [2.75, 3.05) is 16.7 Å². The molecule has 0 aliphatic carbocycles. The molecule has 3 aromatic rings. The lowest BCUT2D eigenvalue weighted by molar-refractivity contribution is -0.118. The number of hydrogen-bond donors (Lipinski definition) is 1. The number of carbonyl (C=O) groups excluding carboxylic acids is 1. The molecule has 0 aliphatic heterocycles. The molecule has 1 amide bonds. The number of aryl methyl sites for hydroxylation is 4. The normalized spacial score (nSPS) is 11.2. The molecule has 0 radical (unpaired) electrons. The molecular formula is C25H28N2O3S. The van der Waals surface area contributed by atoms with Crippen LogP contribution >= 0.6 is 0 Å². The van der Waals surface area contributed by atoms with Gasteiger partial charge < -0.3 is 4.90 Å². The van der Waals surface area contributed by atoms with E-state index in [0.717, 1.165) is 22.4 Å². The van der Waals surface area contributed by atoms with Gasteiger partial charge in [0.05, 0.1) is 4.90 Å². The summed E-state index contributed by atoms with van der Waals surface area (Å²) in [6, 6.07) is 19.8. The van der Waals surface area contributed by atoms with Crippen LogP contribution in [0.4, 0.5) is 11.4 Å². The standard InChI is InChI=1S/C25H28N2O3S/c1-18-5-11-22(12-6-18)26-31(29,30)24-14-8-21(9-15-24)10-16-25(28)27(4)23-13-7-19(2)20(3)17-23/h5-9,11-15,17,26H,10,16H2,1-4H3. The Morgan fingerprint density at radius 1 is 0.871 bits per heavy atom. The van der Waals surface area contributed by atoms with Gasteiger partial charge in [0.1, 0.15) is 0 Å². The third-order valence-electron chi connectivity index (χ3n) is 5.42. The van der Waals surface area contributed by atoms with E-state index in [-0.39, 0.29) is 10.8 Å². The Labute approximate surface area is 184 Å². The molecule has 1 N–H and O–H groups in total. The Hall–Kier alpha value is -3.12. The zero-order valence-electron chi connectivity index (χ0n) is 18.3. The van der Waals surface area contributed by atoms with E-state index in [1.807, 2.05) is 51.1 Å². The van der Waals surface area contributed by atoms with Crippen molar-refractivity contribution in [3.8, 4) is 0 Å². The van der Waals surface area contributed by atoms with Crippen LogP contribution in [0.3, 0.4) is 0 Å². The second-order valence-corrected chi connectivity index (χ2v) is 9.52. The maximum atomic E-state index is 12.6. The molecule has 0 fully saturated rings. The van der Waals surface area contributed by atoms with Gasteiger partial charge in [0, 0.05) is 24.8 Å². The van der Waals surface area contributed by atoms with E-state index in [1.54, 1.807) is 48.3 Å². The first-order valence-corrected chi connectivity index (χ1v) is 11.7. The Morgan fingerprint density at radius 3 is 2.13 bits per heavy atom. The highest BCUT2D eigenvalue weighted by Crippen LogP contribution is 2.20. The summed E-state index contributed by atoms with van der Waals surface area (Å²) in [5.74, 6) is 0.0148. The van der Waals surface area contributed by atoms with Crippen molar-refractivity contribution in [2.45, 2.75) is 38.5 Å². The van der Waals surface area contributed by atoms with Gasteiger partial charge in [0.2, 0.25) is 5.91 Å². The first kappa shape index (κ1) is 22.6. The predicted molar refractivity (Wildman–Crippen MR) is 126 cm³/mol. The Balaban J connectivity index is 1.61. The van der Waals surface area contributed by atoms with Crippen LogP contribution in [-0.2, 0) is 21.2 Å². The quantitative estimate of drug-likeness (QED) is 0.566. The van der Waals surface area contributed by atoms with Crippen LogP contribution < -0.4 is 9.62 Å². The van der Waals surface area contributed by atoms with Gasteiger partial charge in [-0.25, -0.2) is 8.42 Å². The van der Waals surface area contributed by atoms with Gasteiger partial charge in [-0.3, -0.25) is 9.52 Å². The van der Waals surface area contributed by atoms with Crippen LogP contribution in [0.1, 0.15) is 28.7 Å². The monoisotopic (exact) mass is 436 g/mol. The fourth-order valence-electron chi connectivity index (χ4n) is 3.17. The average Bonchev–Trinajstić information content (AvgIpc) is 2.75. The molecule has 0 bridgehead atoms. The van der Waals surface area contributed by atoms with Crippen molar-refractivity contribution in [3.05, 3.63) is 89.0 Å². The van der Waals surface area contributed by atoms with Crippen LogP contribution in [0.15, 0.2) is 71.6 Å². The van der Waals surface area contributed by atoms with Gasteiger partial charge in [-0.15, -0.1) is 0 Å². The van der Waals surface area contributed by atoms with Crippen LogP contribution in [0.5, 0.6) is 0 Å². The van der Waals surface area contributed by atoms with Crippen LogP contribution in [0.2, 0.25) is 0 Å².